The Morgan fingerprint density at radius 2 is 1.32 bits per heavy atom. The molecule has 2 aromatic rings. The number of rotatable bonds is 14. The number of hydrogen-bond acceptors (Lipinski definition) is 2. The second kappa shape index (κ2) is 14.1. The molecule has 1 aliphatic carbocycles. The van der Waals surface area contributed by atoms with Gasteiger partial charge in [0, 0.05) is 0 Å². The highest BCUT2D eigenvalue weighted by molar-refractivity contribution is 5.28. The molecule has 0 aromatic heterocycles. The van der Waals surface area contributed by atoms with Crippen LogP contribution in [0.5, 0.6) is 5.75 Å². The molecule has 0 radical (unpaired) electrons. The van der Waals surface area contributed by atoms with Gasteiger partial charge in [0.15, 0.2) is 0 Å². The minimum atomic E-state index is -4.82. The predicted octanol–water partition coefficient (Wildman–Crippen LogP) is 9.96. The molecule has 0 saturated heterocycles. The van der Waals surface area contributed by atoms with E-state index >= 15 is 0 Å². The number of unbranched alkanes of at least 4 members (excludes halogenated alkanes) is 5. The Morgan fingerprint density at radius 1 is 0.730 bits per heavy atom. The molecule has 0 unspecified atom stereocenters. The van der Waals surface area contributed by atoms with E-state index in [9.17, 15) is 22.0 Å². The van der Waals surface area contributed by atoms with Gasteiger partial charge in [-0.15, -0.1) is 13.2 Å². The summed E-state index contributed by atoms with van der Waals surface area (Å²) in [5, 5.41) is 0. The van der Waals surface area contributed by atoms with Gasteiger partial charge in [0.2, 0.25) is 0 Å². The van der Waals surface area contributed by atoms with Crippen molar-refractivity contribution in [3.8, 4) is 5.75 Å². The maximum Gasteiger partial charge on any atom is 0.573 e. The number of hydrogen-bond donors (Lipinski definition) is 0. The fourth-order valence-electron chi connectivity index (χ4n) is 5.17. The number of halogens is 5. The van der Waals surface area contributed by atoms with Crippen LogP contribution in [0.1, 0.15) is 100 Å². The Labute approximate surface area is 217 Å². The predicted molar refractivity (Wildman–Crippen MR) is 136 cm³/mol. The second-order valence-electron chi connectivity index (χ2n) is 10.3. The highest BCUT2D eigenvalue weighted by Crippen LogP contribution is 2.38. The summed E-state index contributed by atoms with van der Waals surface area (Å²) in [6.07, 6.45) is 5.28. The average Bonchev–Trinajstić information content (AvgIpc) is 2.86. The van der Waals surface area contributed by atoms with Gasteiger partial charge in [-0.1, -0.05) is 88.3 Å². The quantitative estimate of drug-likeness (QED) is 0.180. The Hall–Kier alpha value is -2.15. The normalized spacial score (nSPS) is 18.6. The van der Waals surface area contributed by atoms with Gasteiger partial charge in [0.05, 0.1) is 13.0 Å². The van der Waals surface area contributed by atoms with Gasteiger partial charge in [-0.2, -0.15) is 8.78 Å². The molecule has 1 fully saturated rings. The third-order valence-electron chi connectivity index (χ3n) is 7.28. The van der Waals surface area contributed by atoms with E-state index in [1.807, 2.05) is 24.3 Å². The fourth-order valence-corrected chi connectivity index (χ4v) is 5.17. The van der Waals surface area contributed by atoms with Crippen molar-refractivity contribution in [3.63, 3.8) is 0 Å². The highest BCUT2D eigenvalue weighted by atomic mass is 19.4. The lowest BCUT2D eigenvalue weighted by Gasteiger charge is -2.29. The molecule has 0 amide bonds. The van der Waals surface area contributed by atoms with E-state index in [0.717, 1.165) is 18.1 Å². The molecule has 3 rings (SSSR count). The topological polar surface area (TPSA) is 18.5 Å². The first-order chi connectivity index (χ1) is 17.6. The van der Waals surface area contributed by atoms with Gasteiger partial charge in [0.1, 0.15) is 5.75 Å². The molecule has 7 heteroatoms. The first-order valence-corrected chi connectivity index (χ1v) is 13.6. The van der Waals surface area contributed by atoms with Gasteiger partial charge in [-0.25, -0.2) is 0 Å². The van der Waals surface area contributed by atoms with Crippen LogP contribution in [0.4, 0.5) is 22.0 Å². The zero-order chi connectivity index (χ0) is 26.7. The SMILES string of the molecule is CCCCCCCCC1CCC(c2ccc(COC(F)(F)Cc3ccc(OC(F)(F)F)cc3)cc2)CC1. The van der Waals surface area contributed by atoms with Crippen molar-refractivity contribution >= 4 is 0 Å². The van der Waals surface area contributed by atoms with Crippen molar-refractivity contribution in [2.75, 3.05) is 0 Å². The minimum absolute atomic E-state index is 0.155. The second-order valence-corrected chi connectivity index (χ2v) is 10.3. The minimum Gasteiger partial charge on any atom is -0.406 e. The van der Waals surface area contributed by atoms with Crippen LogP contribution in [-0.2, 0) is 17.8 Å². The Bertz CT molecular complexity index is 901. The van der Waals surface area contributed by atoms with E-state index in [4.69, 9.17) is 4.74 Å². The highest BCUT2D eigenvalue weighted by Gasteiger charge is 2.32. The summed E-state index contributed by atoms with van der Waals surface area (Å²) in [5.74, 6) is 0.916. The molecule has 0 aliphatic heterocycles. The molecular formula is C30H39F5O2. The molecule has 206 valence electrons. The van der Waals surface area contributed by atoms with Gasteiger partial charge in [0.25, 0.3) is 0 Å². The number of benzene rings is 2. The molecule has 2 nitrogen and oxygen atoms in total. The van der Waals surface area contributed by atoms with Crippen LogP contribution >= 0.6 is 0 Å². The van der Waals surface area contributed by atoms with Crippen molar-refractivity contribution in [2.24, 2.45) is 5.92 Å². The van der Waals surface area contributed by atoms with E-state index in [1.54, 1.807) is 0 Å². The van der Waals surface area contributed by atoms with Crippen molar-refractivity contribution in [1.29, 1.82) is 0 Å². The molecule has 0 N–H and O–H groups in total. The lowest BCUT2D eigenvalue weighted by molar-refractivity contribution is -0.274. The largest absolute Gasteiger partial charge is 0.573 e. The van der Waals surface area contributed by atoms with Crippen LogP contribution < -0.4 is 4.74 Å². The van der Waals surface area contributed by atoms with E-state index in [0.29, 0.717) is 11.5 Å². The number of ether oxygens (including phenoxy) is 2. The summed E-state index contributed by atoms with van der Waals surface area (Å²) in [5.41, 5.74) is 2.07. The van der Waals surface area contributed by atoms with Crippen LogP contribution in [0.25, 0.3) is 0 Å². The van der Waals surface area contributed by atoms with Crippen LogP contribution in [0.15, 0.2) is 48.5 Å². The lowest BCUT2D eigenvalue weighted by Crippen LogP contribution is -2.24. The lowest BCUT2D eigenvalue weighted by atomic mass is 9.77. The van der Waals surface area contributed by atoms with Crippen molar-refractivity contribution < 1.29 is 31.4 Å². The van der Waals surface area contributed by atoms with Crippen LogP contribution in [0, 0.1) is 5.92 Å². The molecular weight excluding hydrogens is 487 g/mol. The summed E-state index contributed by atoms with van der Waals surface area (Å²) in [6.45, 7) is 2.00. The maximum atomic E-state index is 14.3. The van der Waals surface area contributed by atoms with E-state index in [-0.39, 0.29) is 12.2 Å². The average molecular weight is 527 g/mol. The zero-order valence-corrected chi connectivity index (χ0v) is 21.7. The first-order valence-electron chi connectivity index (χ1n) is 13.6. The molecule has 1 saturated carbocycles. The third kappa shape index (κ3) is 11.0. The first kappa shape index (κ1) is 29.4. The fraction of sp³-hybridized carbons (Fsp3) is 0.600. The zero-order valence-electron chi connectivity index (χ0n) is 21.7. The van der Waals surface area contributed by atoms with Crippen molar-refractivity contribution in [3.05, 3.63) is 65.2 Å². The van der Waals surface area contributed by atoms with Gasteiger partial charge in [-0.05, 0) is 66.3 Å². The van der Waals surface area contributed by atoms with Gasteiger partial charge in [-0.3, -0.25) is 0 Å². The molecule has 0 atom stereocenters. The maximum absolute atomic E-state index is 14.3. The summed E-state index contributed by atoms with van der Waals surface area (Å²) < 4.78 is 73.9. The molecule has 0 spiro atoms. The molecule has 2 aromatic carbocycles. The molecule has 1 aliphatic rings. The summed E-state index contributed by atoms with van der Waals surface area (Å²) in [7, 11) is 0. The third-order valence-corrected chi connectivity index (χ3v) is 7.28. The van der Waals surface area contributed by atoms with Gasteiger partial charge < -0.3 is 9.47 Å². The van der Waals surface area contributed by atoms with E-state index in [2.05, 4.69) is 11.7 Å². The van der Waals surface area contributed by atoms with Crippen molar-refractivity contribution in [1.82, 2.24) is 0 Å². The van der Waals surface area contributed by atoms with Crippen molar-refractivity contribution in [2.45, 2.75) is 109 Å². The number of alkyl halides is 5. The standard InChI is InChI=1S/C30H39F5O2/c1-2-3-4-5-6-7-8-23-9-15-26(16-10-23)27-17-11-25(12-18-27)22-36-29(31,32)21-24-13-19-28(20-14-24)37-30(33,34)35/h11-14,17-20,23,26H,2-10,15-16,21-22H2,1H3. The molecule has 0 bridgehead atoms. The molecule has 37 heavy (non-hydrogen) atoms. The Kier molecular flexibility index (Phi) is 11.2. The Morgan fingerprint density at radius 3 is 1.95 bits per heavy atom. The van der Waals surface area contributed by atoms with Crippen LogP contribution in [0.2, 0.25) is 0 Å². The molecule has 0 heterocycles. The van der Waals surface area contributed by atoms with E-state index in [1.165, 1.54) is 88.3 Å². The smallest absolute Gasteiger partial charge is 0.406 e. The van der Waals surface area contributed by atoms with Crippen LogP contribution in [0.3, 0.4) is 0 Å². The van der Waals surface area contributed by atoms with E-state index < -0.39 is 24.6 Å². The van der Waals surface area contributed by atoms with Gasteiger partial charge >= 0.3 is 12.5 Å². The summed E-state index contributed by atoms with van der Waals surface area (Å²) in [4.78, 5) is 0. The monoisotopic (exact) mass is 526 g/mol. The summed E-state index contributed by atoms with van der Waals surface area (Å²) in [6, 6.07) is 12.1. The Balaban J connectivity index is 1.38. The summed E-state index contributed by atoms with van der Waals surface area (Å²) >= 11 is 0. The van der Waals surface area contributed by atoms with Crippen LogP contribution in [-0.4, -0.2) is 12.5 Å².